The molecule has 2 rings (SSSR count). The molecular weight excluding hydrogens is 203 g/mol. The summed E-state index contributed by atoms with van der Waals surface area (Å²) in [5, 5.41) is 11.9. The van der Waals surface area contributed by atoms with E-state index in [0.29, 0.717) is 17.7 Å². The number of nitriles is 1. The van der Waals surface area contributed by atoms with E-state index in [-0.39, 0.29) is 5.82 Å². The molecule has 1 aromatic carbocycles. The molecule has 3 heteroatoms. The fraction of sp³-hybridized carbons (Fsp3) is 0.462. The van der Waals surface area contributed by atoms with Crippen molar-refractivity contribution in [1.82, 2.24) is 5.32 Å². The molecule has 0 spiro atoms. The van der Waals surface area contributed by atoms with Gasteiger partial charge in [0.15, 0.2) is 0 Å². The Bertz CT molecular complexity index is 422. The standard InChI is InChI=1S/C13H15FN2/c1-9-4-12(9)8-16-7-11-3-2-10(6-15)5-13(11)14/h2-3,5,9,12,16H,4,7-8H2,1H3. The van der Waals surface area contributed by atoms with Gasteiger partial charge in [0.05, 0.1) is 11.6 Å². The molecule has 1 aliphatic carbocycles. The average Bonchev–Trinajstić information content (AvgIpc) is 2.97. The van der Waals surface area contributed by atoms with Crippen molar-refractivity contribution in [3.8, 4) is 6.07 Å². The number of benzene rings is 1. The van der Waals surface area contributed by atoms with Crippen molar-refractivity contribution in [2.45, 2.75) is 19.9 Å². The van der Waals surface area contributed by atoms with Crippen molar-refractivity contribution in [2.24, 2.45) is 11.8 Å². The van der Waals surface area contributed by atoms with Crippen LogP contribution in [0.3, 0.4) is 0 Å². The van der Waals surface area contributed by atoms with Gasteiger partial charge in [-0.2, -0.15) is 5.26 Å². The van der Waals surface area contributed by atoms with E-state index >= 15 is 0 Å². The third-order valence-electron chi connectivity index (χ3n) is 3.18. The van der Waals surface area contributed by atoms with Gasteiger partial charge in [0, 0.05) is 12.1 Å². The Labute approximate surface area is 95.1 Å². The van der Waals surface area contributed by atoms with E-state index in [0.717, 1.165) is 18.4 Å². The number of nitrogens with zero attached hydrogens (tertiary/aromatic N) is 1. The number of halogens is 1. The molecule has 0 amide bonds. The number of rotatable bonds is 4. The molecule has 0 bridgehead atoms. The Morgan fingerprint density at radius 2 is 2.31 bits per heavy atom. The van der Waals surface area contributed by atoms with Crippen LogP contribution in [0.5, 0.6) is 0 Å². The summed E-state index contributed by atoms with van der Waals surface area (Å²) >= 11 is 0. The zero-order chi connectivity index (χ0) is 11.5. The summed E-state index contributed by atoms with van der Waals surface area (Å²) in [6.45, 7) is 3.73. The molecule has 84 valence electrons. The molecule has 0 aliphatic heterocycles. The SMILES string of the molecule is CC1CC1CNCc1ccc(C#N)cc1F. The van der Waals surface area contributed by atoms with Crippen LogP contribution in [0.1, 0.15) is 24.5 Å². The van der Waals surface area contributed by atoms with Gasteiger partial charge in [0.25, 0.3) is 0 Å². The second-order valence-corrected chi connectivity index (χ2v) is 4.52. The molecular formula is C13H15FN2. The minimum Gasteiger partial charge on any atom is -0.312 e. The van der Waals surface area contributed by atoms with Crippen LogP contribution in [-0.4, -0.2) is 6.54 Å². The quantitative estimate of drug-likeness (QED) is 0.842. The topological polar surface area (TPSA) is 35.8 Å². The van der Waals surface area contributed by atoms with E-state index < -0.39 is 0 Å². The number of hydrogen-bond donors (Lipinski definition) is 1. The molecule has 0 saturated heterocycles. The summed E-state index contributed by atoms with van der Waals surface area (Å²) in [4.78, 5) is 0. The van der Waals surface area contributed by atoms with Crippen LogP contribution in [0.25, 0.3) is 0 Å². The molecule has 1 N–H and O–H groups in total. The monoisotopic (exact) mass is 218 g/mol. The van der Waals surface area contributed by atoms with Crippen molar-refractivity contribution in [3.63, 3.8) is 0 Å². The fourth-order valence-electron chi connectivity index (χ4n) is 1.84. The molecule has 16 heavy (non-hydrogen) atoms. The lowest BCUT2D eigenvalue weighted by Crippen LogP contribution is -2.17. The minimum absolute atomic E-state index is 0.296. The molecule has 2 atom stereocenters. The van der Waals surface area contributed by atoms with Crippen molar-refractivity contribution >= 4 is 0 Å². The Hall–Kier alpha value is -1.40. The summed E-state index contributed by atoms with van der Waals surface area (Å²) in [5.74, 6) is 1.29. The summed E-state index contributed by atoms with van der Waals surface area (Å²) in [7, 11) is 0. The highest BCUT2D eigenvalue weighted by Crippen LogP contribution is 2.36. The molecule has 0 heterocycles. The van der Waals surface area contributed by atoms with E-state index in [2.05, 4.69) is 12.2 Å². The summed E-state index contributed by atoms with van der Waals surface area (Å²) in [5.41, 5.74) is 1.00. The zero-order valence-electron chi connectivity index (χ0n) is 9.33. The van der Waals surface area contributed by atoms with Gasteiger partial charge in [-0.1, -0.05) is 13.0 Å². The third-order valence-corrected chi connectivity index (χ3v) is 3.18. The van der Waals surface area contributed by atoms with Crippen LogP contribution in [0, 0.1) is 29.0 Å². The van der Waals surface area contributed by atoms with Gasteiger partial charge in [-0.3, -0.25) is 0 Å². The average molecular weight is 218 g/mol. The first-order valence-electron chi connectivity index (χ1n) is 5.60. The second-order valence-electron chi connectivity index (χ2n) is 4.52. The normalized spacial score (nSPS) is 22.8. The largest absolute Gasteiger partial charge is 0.312 e. The van der Waals surface area contributed by atoms with E-state index in [4.69, 9.17) is 5.26 Å². The maximum absolute atomic E-state index is 13.5. The highest BCUT2D eigenvalue weighted by Gasteiger charge is 2.31. The predicted octanol–water partition coefficient (Wildman–Crippen LogP) is 2.44. The summed E-state index contributed by atoms with van der Waals surface area (Å²) in [6, 6.07) is 6.54. The highest BCUT2D eigenvalue weighted by molar-refractivity contribution is 5.32. The van der Waals surface area contributed by atoms with E-state index in [1.54, 1.807) is 12.1 Å². The van der Waals surface area contributed by atoms with Gasteiger partial charge in [-0.15, -0.1) is 0 Å². The maximum Gasteiger partial charge on any atom is 0.129 e. The van der Waals surface area contributed by atoms with Crippen molar-refractivity contribution in [1.29, 1.82) is 5.26 Å². The third kappa shape index (κ3) is 2.59. The second kappa shape index (κ2) is 4.63. The molecule has 1 aliphatic rings. The van der Waals surface area contributed by atoms with Crippen molar-refractivity contribution in [3.05, 3.63) is 35.1 Å². The van der Waals surface area contributed by atoms with Crippen molar-refractivity contribution in [2.75, 3.05) is 6.54 Å². The minimum atomic E-state index is -0.296. The smallest absolute Gasteiger partial charge is 0.129 e. The fourth-order valence-corrected chi connectivity index (χ4v) is 1.84. The van der Waals surface area contributed by atoms with Crippen LogP contribution in [0.4, 0.5) is 4.39 Å². The highest BCUT2D eigenvalue weighted by atomic mass is 19.1. The first-order chi connectivity index (χ1) is 7.70. The molecule has 2 unspecified atom stereocenters. The van der Waals surface area contributed by atoms with Crippen LogP contribution in [0.2, 0.25) is 0 Å². The van der Waals surface area contributed by atoms with Gasteiger partial charge in [-0.25, -0.2) is 4.39 Å². The van der Waals surface area contributed by atoms with Crippen LogP contribution < -0.4 is 5.32 Å². The lowest BCUT2D eigenvalue weighted by Gasteiger charge is -2.05. The molecule has 0 aromatic heterocycles. The summed E-state index contributed by atoms with van der Waals surface area (Å²) < 4.78 is 13.5. The van der Waals surface area contributed by atoms with Crippen LogP contribution in [-0.2, 0) is 6.54 Å². The first kappa shape index (κ1) is 11.1. The molecule has 0 radical (unpaired) electrons. The van der Waals surface area contributed by atoms with Gasteiger partial charge >= 0.3 is 0 Å². The van der Waals surface area contributed by atoms with Gasteiger partial charge < -0.3 is 5.32 Å². The maximum atomic E-state index is 13.5. The number of nitrogens with one attached hydrogen (secondary N) is 1. The van der Waals surface area contributed by atoms with Crippen LogP contribution in [0.15, 0.2) is 18.2 Å². The Balaban J connectivity index is 1.87. The van der Waals surface area contributed by atoms with E-state index in [1.165, 1.54) is 12.5 Å². The van der Waals surface area contributed by atoms with Gasteiger partial charge in [-0.05, 0) is 36.9 Å². The predicted molar refractivity (Wildman–Crippen MR) is 60.1 cm³/mol. The van der Waals surface area contributed by atoms with E-state index in [9.17, 15) is 4.39 Å². The van der Waals surface area contributed by atoms with Crippen LogP contribution >= 0.6 is 0 Å². The lowest BCUT2D eigenvalue weighted by atomic mass is 10.1. The molecule has 2 nitrogen and oxygen atoms in total. The van der Waals surface area contributed by atoms with Gasteiger partial charge in [0.1, 0.15) is 5.82 Å². The molecule has 1 aromatic rings. The van der Waals surface area contributed by atoms with Crippen molar-refractivity contribution < 1.29 is 4.39 Å². The Kier molecular flexibility index (Phi) is 3.21. The van der Waals surface area contributed by atoms with E-state index in [1.807, 2.05) is 6.07 Å². The lowest BCUT2D eigenvalue weighted by molar-refractivity contribution is 0.569. The molecule has 1 saturated carbocycles. The zero-order valence-corrected chi connectivity index (χ0v) is 9.33. The Morgan fingerprint density at radius 3 is 2.88 bits per heavy atom. The Morgan fingerprint density at radius 1 is 1.56 bits per heavy atom. The van der Waals surface area contributed by atoms with Gasteiger partial charge in [0.2, 0.25) is 0 Å². The number of hydrogen-bond acceptors (Lipinski definition) is 2. The summed E-state index contributed by atoms with van der Waals surface area (Å²) in [6.07, 6.45) is 1.28. The first-order valence-corrected chi connectivity index (χ1v) is 5.60. The molecule has 1 fully saturated rings.